The Hall–Kier alpha value is -2.10. The van der Waals surface area contributed by atoms with Gasteiger partial charge >= 0.3 is 6.09 Å². The predicted molar refractivity (Wildman–Crippen MR) is 91.2 cm³/mol. The Morgan fingerprint density at radius 2 is 1.83 bits per heavy atom. The molecule has 0 radical (unpaired) electrons. The number of carbonyl (C=O) groups excluding carboxylic acids is 2. The molecule has 0 fully saturated rings. The van der Waals surface area contributed by atoms with E-state index in [1.807, 2.05) is 45.0 Å². The molecule has 1 heterocycles. The summed E-state index contributed by atoms with van der Waals surface area (Å²) in [5.74, 6) is 0.169. The monoisotopic (exact) mass is 315 g/mol. The quantitative estimate of drug-likeness (QED) is 0.851. The van der Waals surface area contributed by atoms with E-state index in [2.05, 4.69) is 6.08 Å². The molecule has 0 saturated heterocycles. The van der Waals surface area contributed by atoms with Crippen LogP contribution in [0.4, 0.5) is 4.79 Å². The Bertz CT molecular complexity index is 608. The Labute approximate surface area is 138 Å². The van der Waals surface area contributed by atoms with Gasteiger partial charge in [-0.3, -0.25) is 4.79 Å². The maximum atomic E-state index is 12.0. The number of ether oxygens (including phenoxy) is 1. The third kappa shape index (κ3) is 5.23. The highest BCUT2D eigenvalue weighted by atomic mass is 16.6. The number of carbonyl (C=O) groups is 2. The summed E-state index contributed by atoms with van der Waals surface area (Å²) in [4.78, 5) is 24.9. The molecule has 1 aromatic carbocycles. The highest BCUT2D eigenvalue weighted by Crippen LogP contribution is 2.24. The summed E-state index contributed by atoms with van der Waals surface area (Å²) in [5, 5.41) is 0. The fraction of sp³-hybridized carbons (Fsp3) is 0.474. The Kier molecular flexibility index (Phi) is 5.24. The normalized spacial score (nSPS) is 15.1. The summed E-state index contributed by atoms with van der Waals surface area (Å²) in [6.45, 7) is 8.45. The number of benzene rings is 1. The number of amides is 1. The molecule has 1 amide bonds. The van der Waals surface area contributed by atoms with Crippen molar-refractivity contribution in [1.29, 1.82) is 0 Å². The second-order valence-corrected chi connectivity index (χ2v) is 6.98. The van der Waals surface area contributed by atoms with E-state index in [9.17, 15) is 9.59 Å². The number of hydrogen-bond acceptors (Lipinski definition) is 3. The van der Waals surface area contributed by atoms with Gasteiger partial charge in [0.1, 0.15) is 11.4 Å². The van der Waals surface area contributed by atoms with Gasteiger partial charge in [-0.25, -0.2) is 4.79 Å². The number of rotatable bonds is 3. The van der Waals surface area contributed by atoms with Gasteiger partial charge in [0.25, 0.3) is 0 Å². The lowest BCUT2D eigenvalue weighted by Crippen LogP contribution is -2.39. The van der Waals surface area contributed by atoms with Crippen LogP contribution in [0.5, 0.6) is 0 Å². The van der Waals surface area contributed by atoms with E-state index in [0.29, 0.717) is 19.5 Å². The van der Waals surface area contributed by atoms with E-state index < -0.39 is 5.60 Å². The van der Waals surface area contributed by atoms with Gasteiger partial charge in [0, 0.05) is 19.5 Å². The van der Waals surface area contributed by atoms with Gasteiger partial charge in [-0.05, 0) is 50.8 Å². The smallest absolute Gasteiger partial charge is 0.410 e. The lowest BCUT2D eigenvalue weighted by Gasteiger charge is -2.29. The van der Waals surface area contributed by atoms with Gasteiger partial charge < -0.3 is 9.64 Å². The first-order valence-electron chi connectivity index (χ1n) is 8.00. The SMILES string of the molecule is CC(=O)Cc1ccc(C2=CCN(C(=O)OC(C)(C)C)CC2)cc1. The lowest BCUT2D eigenvalue weighted by molar-refractivity contribution is -0.116. The van der Waals surface area contributed by atoms with Crippen molar-refractivity contribution in [2.75, 3.05) is 13.1 Å². The summed E-state index contributed by atoms with van der Waals surface area (Å²) in [5.41, 5.74) is 2.96. The summed E-state index contributed by atoms with van der Waals surface area (Å²) >= 11 is 0. The fourth-order valence-corrected chi connectivity index (χ4v) is 2.55. The van der Waals surface area contributed by atoms with Crippen LogP contribution in [0.15, 0.2) is 30.3 Å². The molecule has 23 heavy (non-hydrogen) atoms. The second kappa shape index (κ2) is 6.99. The van der Waals surface area contributed by atoms with E-state index in [1.54, 1.807) is 11.8 Å². The molecule has 4 nitrogen and oxygen atoms in total. The average molecular weight is 315 g/mol. The van der Waals surface area contributed by atoms with Crippen molar-refractivity contribution < 1.29 is 14.3 Å². The first kappa shape index (κ1) is 17.3. The Morgan fingerprint density at radius 3 is 2.30 bits per heavy atom. The second-order valence-electron chi connectivity index (χ2n) is 6.98. The summed E-state index contributed by atoms with van der Waals surface area (Å²) in [6, 6.07) is 8.09. The van der Waals surface area contributed by atoms with Crippen LogP contribution in [0, 0.1) is 0 Å². The molecule has 0 aromatic heterocycles. The van der Waals surface area contributed by atoms with E-state index in [4.69, 9.17) is 4.74 Å². The van der Waals surface area contributed by atoms with E-state index in [0.717, 1.165) is 17.5 Å². The van der Waals surface area contributed by atoms with Gasteiger partial charge in [0.05, 0.1) is 0 Å². The van der Waals surface area contributed by atoms with Crippen LogP contribution in [-0.2, 0) is 16.0 Å². The summed E-state index contributed by atoms with van der Waals surface area (Å²) in [6.07, 6.45) is 3.11. The standard InChI is InChI=1S/C19H25NO3/c1-14(21)13-15-5-7-16(8-6-15)17-9-11-20(12-10-17)18(22)23-19(2,3)4/h5-9H,10-13H2,1-4H3. The molecule has 0 atom stereocenters. The largest absolute Gasteiger partial charge is 0.444 e. The predicted octanol–water partition coefficient (Wildman–Crippen LogP) is 3.84. The molecule has 0 spiro atoms. The van der Waals surface area contributed by atoms with Crippen molar-refractivity contribution in [3.63, 3.8) is 0 Å². The Balaban J connectivity index is 1.98. The van der Waals surface area contributed by atoms with Gasteiger partial charge in [0.2, 0.25) is 0 Å². The zero-order valence-electron chi connectivity index (χ0n) is 14.4. The molecular weight excluding hydrogens is 290 g/mol. The van der Waals surface area contributed by atoms with Crippen molar-refractivity contribution >= 4 is 17.4 Å². The maximum absolute atomic E-state index is 12.0. The van der Waals surface area contributed by atoms with Crippen molar-refractivity contribution in [1.82, 2.24) is 4.90 Å². The number of nitrogens with zero attached hydrogens (tertiary/aromatic N) is 1. The molecule has 0 saturated carbocycles. The third-order valence-corrected chi connectivity index (χ3v) is 3.64. The van der Waals surface area contributed by atoms with E-state index in [-0.39, 0.29) is 11.9 Å². The van der Waals surface area contributed by atoms with Crippen molar-refractivity contribution in [3.05, 3.63) is 41.5 Å². The minimum absolute atomic E-state index is 0.169. The van der Waals surface area contributed by atoms with Crippen LogP contribution in [0.3, 0.4) is 0 Å². The third-order valence-electron chi connectivity index (χ3n) is 3.64. The topological polar surface area (TPSA) is 46.6 Å². The van der Waals surface area contributed by atoms with Crippen molar-refractivity contribution in [3.8, 4) is 0 Å². The van der Waals surface area contributed by atoms with Gasteiger partial charge in [-0.15, -0.1) is 0 Å². The molecule has 1 aliphatic heterocycles. The van der Waals surface area contributed by atoms with E-state index >= 15 is 0 Å². The Morgan fingerprint density at radius 1 is 1.17 bits per heavy atom. The fourth-order valence-electron chi connectivity index (χ4n) is 2.55. The molecule has 0 N–H and O–H groups in total. The minimum atomic E-state index is -0.465. The summed E-state index contributed by atoms with van der Waals surface area (Å²) in [7, 11) is 0. The molecule has 0 bridgehead atoms. The molecule has 1 aromatic rings. The zero-order chi connectivity index (χ0) is 17.0. The van der Waals surface area contributed by atoms with Crippen LogP contribution >= 0.6 is 0 Å². The zero-order valence-corrected chi connectivity index (χ0v) is 14.4. The molecule has 0 aliphatic carbocycles. The highest BCUT2D eigenvalue weighted by Gasteiger charge is 2.23. The van der Waals surface area contributed by atoms with Gasteiger partial charge in [-0.1, -0.05) is 30.3 Å². The van der Waals surface area contributed by atoms with Crippen LogP contribution < -0.4 is 0 Å². The first-order valence-corrected chi connectivity index (χ1v) is 8.00. The molecule has 4 heteroatoms. The van der Waals surface area contributed by atoms with Gasteiger partial charge in [-0.2, -0.15) is 0 Å². The van der Waals surface area contributed by atoms with E-state index in [1.165, 1.54) is 5.57 Å². The van der Waals surface area contributed by atoms with Crippen LogP contribution in [0.25, 0.3) is 5.57 Å². The average Bonchev–Trinajstić information content (AvgIpc) is 2.46. The van der Waals surface area contributed by atoms with Gasteiger partial charge in [0.15, 0.2) is 0 Å². The maximum Gasteiger partial charge on any atom is 0.410 e. The molecule has 1 aliphatic rings. The van der Waals surface area contributed by atoms with Crippen molar-refractivity contribution in [2.45, 2.75) is 46.1 Å². The minimum Gasteiger partial charge on any atom is -0.444 e. The summed E-state index contributed by atoms with van der Waals surface area (Å²) < 4.78 is 5.40. The first-order chi connectivity index (χ1) is 10.7. The molecular formula is C19H25NO3. The van der Waals surface area contributed by atoms with Crippen LogP contribution in [0.1, 0.15) is 45.2 Å². The number of Topliss-reactive ketones (excluding diaryl/α,β-unsaturated/α-hetero) is 1. The number of ketones is 1. The number of hydrogen-bond donors (Lipinski definition) is 0. The van der Waals surface area contributed by atoms with Crippen LogP contribution in [-0.4, -0.2) is 35.5 Å². The van der Waals surface area contributed by atoms with Crippen molar-refractivity contribution in [2.24, 2.45) is 0 Å². The van der Waals surface area contributed by atoms with Crippen LogP contribution in [0.2, 0.25) is 0 Å². The molecule has 0 unspecified atom stereocenters. The molecule has 2 rings (SSSR count). The molecule has 124 valence electrons. The lowest BCUT2D eigenvalue weighted by atomic mass is 9.97. The highest BCUT2D eigenvalue weighted by molar-refractivity contribution is 5.78.